The Morgan fingerprint density at radius 3 is 1.59 bits per heavy atom. The van der Waals surface area contributed by atoms with Crippen LogP contribution in [0.5, 0.6) is 0 Å². The van der Waals surface area contributed by atoms with Crippen LogP contribution in [0, 0.1) is 39.8 Å². The van der Waals surface area contributed by atoms with E-state index in [1.54, 1.807) is 12.1 Å². The molecule has 0 N–H and O–H groups in total. The molecule has 0 atom stereocenters. The van der Waals surface area contributed by atoms with Crippen molar-refractivity contribution in [3.63, 3.8) is 0 Å². The van der Waals surface area contributed by atoms with E-state index < -0.39 is 0 Å². The van der Waals surface area contributed by atoms with E-state index in [9.17, 15) is 20.2 Å². The lowest BCUT2D eigenvalue weighted by molar-refractivity contribution is 0.627. The second-order valence-corrected chi connectivity index (χ2v) is 9.29. The molecule has 0 radical (unpaired) electrons. The van der Waals surface area contributed by atoms with Gasteiger partial charge in [-0.15, -0.1) is 0 Å². The van der Waals surface area contributed by atoms with E-state index in [2.05, 4.69) is 41.0 Å². The molecule has 0 saturated carbocycles. The summed E-state index contributed by atoms with van der Waals surface area (Å²) in [6, 6.07) is 36.0. The van der Waals surface area contributed by atoms with E-state index in [0.29, 0.717) is 5.69 Å². The summed E-state index contributed by atoms with van der Waals surface area (Å²) in [6.45, 7) is 0. The molecule has 39 heavy (non-hydrogen) atoms. The summed E-state index contributed by atoms with van der Waals surface area (Å²) in [6.07, 6.45) is 0. The van der Waals surface area contributed by atoms with Crippen LogP contribution in [-0.2, 0) is 0 Å². The average Bonchev–Trinajstić information content (AvgIpc) is 3.50. The average molecular weight is 502 g/mol. The van der Waals surface area contributed by atoms with Crippen molar-refractivity contribution >= 4 is 43.6 Å². The van der Waals surface area contributed by atoms with E-state index in [-0.39, 0.29) is 22.5 Å². The molecule has 6 heteroatoms. The van der Waals surface area contributed by atoms with E-state index in [1.807, 2.05) is 47.0 Å². The van der Waals surface area contributed by atoms with Crippen LogP contribution in [0.2, 0.25) is 0 Å². The van der Waals surface area contributed by atoms with Crippen LogP contribution in [0.25, 0.3) is 55.0 Å². The zero-order chi connectivity index (χ0) is 26.7. The minimum atomic E-state index is -0.325. The van der Waals surface area contributed by atoms with Crippen LogP contribution in [0.15, 0.2) is 97.1 Å². The summed E-state index contributed by atoms with van der Waals surface area (Å²) in [5.74, 6) is -0.325. The van der Waals surface area contributed by atoms with Gasteiger partial charge in [-0.1, -0.05) is 48.5 Å². The number of hydrogen-bond donors (Lipinski definition) is 0. The SMILES string of the molecule is N#Cc1cc(C#N)c(-n2c3ccccc3c3ccc4c5ccccc5n(-c5ccc(F)cc5)c4c32)c(C#N)c1. The summed E-state index contributed by atoms with van der Waals surface area (Å²) in [4.78, 5) is 0. The van der Waals surface area contributed by atoms with Crippen LogP contribution in [0.4, 0.5) is 4.39 Å². The Kier molecular flexibility index (Phi) is 4.76. The van der Waals surface area contributed by atoms with Gasteiger partial charge in [0.05, 0.1) is 50.5 Å². The molecule has 7 rings (SSSR count). The molecule has 180 valence electrons. The molecule has 5 nitrogen and oxygen atoms in total. The molecule has 0 unspecified atom stereocenters. The number of nitriles is 3. The van der Waals surface area contributed by atoms with Crippen molar-refractivity contribution < 1.29 is 4.39 Å². The molecule has 7 aromatic rings. The minimum Gasteiger partial charge on any atom is -0.307 e. The highest BCUT2D eigenvalue weighted by Crippen LogP contribution is 2.42. The number of benzene rings is 5. The molecule has 0 aliphatic carbocycles. The highest BCUT2D eigenvalue weighted by atomic mass is 19.1. The number of hydrogen-bond acceptors (Lipinski definition) is 3. The van der Waals surface area contributed by atoms with Crippen molar-refractivity contribution in [2.75, 3.05) is 0 Å². The fourth-order valence-electron chi connectivity index (χ4n) is 5.70. The summed E-state index contributed by atoms with van der Waals surface area (Å²) < 4.78 is 18.0. The topological polar surface area (TPSA) is 81.2 Å². The fourth-order valence-corrected chi connectivity index (χ4v) is 5.70. The normalized spacial score (nSPS) is 11.1. The van der Waals surface area contributed by atoms with Gasteiger partial charge in [0.25, 0.3) is 0 Å². The number of aromatic nitrogens is 2. The zero-order valence-electron chi connectivity index (χ0n) is 20.4. The van der Waals surface area contributed by atoms with Crippen LogP contribution in [-0.4, -0.2) is 9.13 Å². The molecule has 0 spiro atoms. The molecule has 2 heterocycles. The fraction of sp³-hybridized carbons (Fsp3) is 0. The predicted octanol–water partition coefficient (Wildman–Crippen LogP) is 7.63. The van der Waals surface area contributed by atoms with Gasteiger partial charge in [0, 0.05) is 27.2 Å². The summed E-state index contributed by atoms with van der Waals surface area (Å²) >= 11 is 0. The lowest BCUT2D eigenvalue weighted by atomic mass is 10.0. The first-order chi connectivity index (χ1) is 19.1. The van der Waals surface area contributed by atoms with Gasteiger partial charge in [0.2, 0.25) is 0 Å². The number of para-hydroxylation sites is 2. The standard InChI is InChI=1S/C33H16FN5/c34-23-9-11-24(12-10-23)38-29-7-3-1-5-25(29)27-13-14-28-26-6-2-4-8-30(26)39(33(28)32(27)38)31-21(18-36)15-20(17-35)16-22(31)19-37/h1-16H. The molecular weight excluding hydrogens is 485 g/mol. The largest absolute Gasteiger partial charge is 0.307 e. The Balaban J connectivity index is 1.79. The number of fused-ring (bicyclic) bond motifs is 7. The van der Waals surface area contributed by atoms with Gasteiger partial charge in [-0.25, -0.2) is 4.39 Å². The Hall–Kier alpha value is -5.90. The molecule has 2 aromatic heterocycles. The highest BCUT2D eigenvalue weighted by molar-refractivity contribution is 6.23. The van der Waals surface area contributed by atoms with Gasteiger partial charge in [-0.3, -0.25) is 0 Å². The second-order valence-electron chi connectivity index (χ2n) is 9.29. The lowest BCUT2D eigenvalue weighted by Crippen LogP contribution is -2.04. The van der Waals surface area contributed by atoms with Crippen LogP contribution in [0.3, 0.4) is 0 Å². The first-order valence-electron chi connectivity index (χ1n) is 12.2. The summed E-state index contributed by atoms with van der Waals surface area (Å²) in [7, 11) is 0. The maximum Gasteiger partial charge on any atom is 0.123 e. The molecule has 0 amide bonds. The van der Waals surface area contributed by atoms with Crippen molar-refractivity contribution in [1.82, 2.24) is 9.13 Å². The highest BCUT2D eigenvalue weighted by Gasteiger charge is 2.24. The summed E-state index contributed by atoms with van der Waals surface area (Å²) in [5.41, 5.74) is 5.38. The Morgan fingerprint density at radius 1 is 0.538 bits per heavy atom. The molecule has 0 aliphatic rings. The van der Waals surface area contributed by atoms with Crippen molar-refractivity contribution in [2.24, 2.45) is 0 Å². The van der Waals surface area contributed by atoms with Gasteiger partial charge < -0.3 is 9.13 Å². The predicted molar refractivity (Wildman–Crippen MR) is 149 cm³/mol. The number of rotatable bonds is 2. The number of nitrogens with zero attached hydrogens (tertiary/aromatic N) is 5. The molecule has 0 fully saturated rings. The second kappa shape index (κ2) is 8.32. The van der Waals surface area contributed by atoms with Crippen LogP contribution in [0.1, 0.15) is 16.7 Å². The van der Waals surface area contributed by atoms with E-state index >= 15 is 0 Å². The Morgan fingerprint density at radius 2 is 1.05 bits per heavy atom. The van der Waals surface area contributed by atoms with Gasteiger partial charge >= 0.3 is 0 Å². The number of halogens is 1. The van der Waals surface area contributed by atoms with Gasteiger partial charge in [0.1, 0.15) is 18.0 Å². The third kappa shape index (κ3) is 3.08. The monoisotopic (exact) mass is 501 g/mol. The van der Waals surface area contributed by atoms with E-state index in [1.165, 1.54) is 24.3 Å². The first kappa shape index (κ1) is 22.3. The Labute approximate surface area is 222 Å². The van der Waals surface area contributed by atoms with Crippen LogP contribution < -0.4 is 0 Å². The van der Waals surface area contributed by atoms with Gasteiger partial charge in [-0.05, 0) is 48.5 Å². The van der Waals surface area contributed by atoms with Crippen molar-refractivity contribution in [1.29, 1.82) is 15.8 Å². The molecular formula is C33H16FN5. The molecule has 0 aliphatic heterocycles. The summed E-state index contributed by atoms with van der Waals surface area (Å²) in [5, 5.41) is 33.8. The van der Waals surface area contributed by atoms with Crippen molar-refractivity contribution in [2.45, 2.75) is 0 Å². The van der Waals surface area contributed by atoms with Crippen molar-refractivity contribution in [3.05, 3.63) is 120 Å². The van der Waals surface area contributed by atoms with Gasteiger partial charge in [0.15, 0.2) is 0 Å². The van der Waals surface area contributed by atoms with E-state index in [4.69, 9.17) is 0 Å². The van der Waals surface area contributed by atoms with Crippen LogP contribution >= 0.6 is 0 Å². The lowest BCUT2D eigenvalue weighted by Gasteiger charge is -2.15. The quantitative estimate of drug-likeness (QED) is 0.244. The third-order valence-electron chi connectivity index (χ3n) is 7.26. The smallest absolute Gasteiger partial charge is 0.123 e. The third-order valence-corrected chi connectivity index (χ3v) is 7.26. The Bertz CT molecular complexity index is 2230. The van der Waals surface area contributed by atoms with E-state index in [0.717, 1.165) is 49.3 Å². The molecule has 5 aromatic carbocycles. The van der Waals surface area contributed by atoms with Gasteiger partial charge in [-0.2, -0.15) is 15.8 Å². The first-order valence-corrected chi connectivity index (χ1v) is 12.2. The maximum atomic E-state index is 14.0. The maximum absolute atomic E-state index is 14.0. The zero-order valence-corrected chi connectivity index (χ0v) is 20.4. The van der Waals surface area contributed by atoms with Crippen molar-refractivity contribution in [3.8, 4) is 29.6 Å². The minimum absolute atomic E-state index is 0.231. The molecule has 0 bridgehead atoms. The molecule has 0 saturated heterocycles.